The minimum absolute atomic E-state index is 0.194. The lowest BCUT2D eigenvalue weighted by Gasteiger charge is -2.15. The molecule has 8 nitrogen and oxygen atoms in total. The number of aliphatic hydroxyl groups excluding tert-OH is 1. The molecule has 0 amide bonds. The number of H-pyrrole nitrogens is 1. The van der Waals surface area contributed by atoms with E-state index in [1.165, 1.54) is 6.21 Å². The summed E-state index contributed by atoms with van der Waals surface area (Å²) in [4.78, 5) is 13.3. The fourth-order valence-corrected chi connectivity index (χ4v) is 2.66. The molecule has 0 aliphatic carbocycles. The van der Waals surface area contributed by atoms with Gasteiger partial charge in [0.25, 0.3) is 0 Å². The van der Waals surface area contributed by atoms with Crippen LogP contribution in [0.2, 0.25) is 0 Å². The van der Waals surface area contributed by atoms with Gasteiger partial charge in [0.15, 0.2) is 0 Å². The number of oxime groups is 1. The molecule has 1 heterocycles. The fraction of sp³-hybridized carbons (Fsp3) is 0.273. The van der Waals surface area contributed by atoms with E-state index in [4.69, 9.17) is 15.1 Å². The van der Waals surface area contributed by atoms with E-state index in [2.05, 4.69) is 15.5 Å². The van der Waals surface area contributed by atoms with Gasteiger partial charge in [0.1, 0.15) is 18.5 Å². The highest BCUT2D eigenvalue weighted by atomic mass is 16.5. The van der Waals surface area contributed by atoms with E-state index in [9.17, 15) is 9.90 Å². The molecule has 0 aliphatic rings. The van der Waals surface area contributed by atoms with Crippen LogP contribution in [0.25, 0.3) is 10.9 Å². The Bertz CT molecular complexity index is 954. The fourth-order valence-electron chi connectivity index (χ4n) is 2.66. The summed E-state index contributed by atoms with van der Waals surface area (Å²) in [5, 5.41) is 34.0. The lowest BCUT2D eigenvalue weighted by molar-refractivity contribution is 0.0697. The molecule has 0 fully saturated rings. The van der Waals surface area contributed by atoms with Crippen LogP contribution in [0.4, 0.5) is 0 Å². The summed E-state index contributed by atoms with van der Waals surface area (Å²) in [6, 6.07) is 14.2. The molecule has 0 radical (unpaired) electrons. The Kier molecular flexibility index (Phi) is 8.86. The smallest absolute Gasteiger partial charge is 0.335 e. The van der Waals surface area contributed by atoms with Gasteiger partial charge in [-0.3, -0.25) is 0 Å². The third-order valence-electron chi connectivity index (χ3n) is 4.11. The second kappa shape index (κ2) is 11.6. The molecule has 160 valence electrons. The Balaban J connectivity index is 0.000000297. The standard InChI is InChI=1S/C15H21N3O3.C7H6O2/c1-10(2)16-8-12(19)9-21-14-5-3-4-13-15(14)11(6-17-13)7-18-20;8-7(9)6-4-2-1-3-5-6/h3-7,10,12,16-17,19-20H,8-9H2,1-2H3;1-5H,(H,8,9). The van der Waals surface area contributed by atoms with Gasteiger partial charge in [-0.25, -0.2) is 4.79 Å². The lowest BCUT2D eigenvalue weighted by Crippen LogP contribution is -2.35. The first-order valence-corrected chi connectivity index (χ1v) is 9.52. The van der Waals surface area contributed by atoms with Crippen LogP contribution in [0.1, 0.15) is 29.8 Å². The van der Waals surface area contributed by atoms with Crippen LogP contribution >= 0.6 is 0 Å². The van der Waals surface area contributed by atoms with Crippen molar-refractivity contribution in [2.75, 3.05) is 13.2 Å². The van der Waals surface area contributed by atoms with Crippen molar-refractivity contribution in [1.82, 2.24) is 10.3 Å². The minimum Gasteiger partial charge on any atom is -0.490 e. The van der Waals surface area contributed by atoms with Crippen molar-refractivity contribution in [2.24, 2.45) is 5.16 Å². The number of carboxylic acid groups (broad SMARTS) is 1. The number of aliphatic hydroxyl groups is 1. The number of carboxylic acids is 1. The summed E-state index contributed by atoms with van der Waals surface area (Å²) in [5.74, 6) is -0.233. The molecule has 5 N–H and O–H groups in total. The second-order valence-corrected chi connectivity index (χ2v) is 6.87. The van der Waals surface area contributed by atoms with Crippen molar-refractivity contribution in [1.29, 1.82) is 0 Å². The Hall–Kier alpha value is -3.36. The van der Waals surface area contributed by atoms with Crippen LogP contribution < -0.4 is 10.1 Å². The first-order chi connectivity index (χ1) is 14.4. The molecule has 1 atom stereocenters. The average Bonchev–Trinajstić information content (AvgIpc) is 3.15. The molecule has 3 aromatic rings. The van der Waals surface area contributed by atoms with Gasteiger partial charge in [-0.15, -0.1) is 0 Å². The number of fused-ring (bicyclic) bond motifs is 1. The van der Waals surface area contributed by atoms with Crippen molar-refractivity contribution >= 4 is 23.1 Å². The van der Waals surface area contributed by atoms with Crippen molar-refractivity contribution < 1.29 is 25.0 Å². The molecule has 0 saturated carbocycles. The molecule has 8 heteroatoms. The maximum Gasteiger partial charge on any atom is 0.335 e. The number of rotatable bonds is 8. The van der Waals surface area contributed by atoms with Crippen LogP contribution in [0.5, 0.6) is 5.75 Å². The van der Waals surface area contributed by atoms with Gasteiger partial charge in [0.2, 0.25) is 0 Å². The summed E-state index contributed by atoms with van der Waals surface area (Å²) in [5.41, 5.74) is 1.95. The van der Waals surface area contributed by atoms with Crippen molar-refractivity contribution in [3.8, 4) is 5.75 Å². The largest absolute Gasteiger partial charge is 0.490 e. The van der Waals surface area contributed by atoms with Gasteiger partial charge in [0, 0.05) is 29.9 Å². The molecule has 30 heavy (non-hydrogen) atoms. The van der Waals surface area contributed by atoms with Gasteiger partial charge in [0.05, 0.1) is 17.2 Å². The van der Waals surface area contributed by atoms with E-state index in [0.29, 0.717) is 23.9 Å². The Morgan fingerprint density at radius 2 is 1.93 bits per heavy atom. The molecule has 1 aromatic heterocycles. The minimum atomic E-state index is -0.879. The number of aromatic nitrogens is 1. The molecular weight excluding hydrogens is 386 g/mol. The van der Waals surface area contributed by atoms with E-state index in [1.54, 1.807) is 36.5 Å². The highest BCUT2D eigenvalue weighted by molar-refractivity contribution is 6.02. The molecule has 2 aromatic carbocycles. The van der Waals surface area contributed by atoms with Gasteiger partial charge in [-0.2, -0.15) is 0 Å². The monoisotopic (exact) mass is 413 g/mol. The molecule has 1 unspecified atom stereocenters. The Morgan fingerprint density at radius 1 is 1.20 bits per heavy atom. The number of nitrogens with zero attached hydrogens (tertiary/aromatic N) is 1. The van der Waals surface area contributed by atoms with Crippen LogP contribution in [-0.2, 0) is 0 Å². The highest BCUT2D eigenvalue weighted by Gasteiger charge is 2.11. The number of hydrogen-bond acceptors (Lipinski definition) is 6. The van der Waals surface area contributed by atoms with Crippen LogP contribution in [0, 0.1) is 0 Å². The second-order valence-electron chi connectivity index (χ2n) is 6.87. The van der Waals surface area contributed by atoms with Gasteiger partial charge >= 0.3 is 5.97 Å². The predicted octanol–water partition coefficient (Wildman–Crippen LogP) is 3.10. The zero-order valence-corrected chi connectivity index (χ0v) is 16.9. The van der Waals surface area contributed by atoms with E-state index >= 15 is 0 Å². The molecule has 3 rings (SSSR count). The number of carbonyl (C=O) groups is 1. The maximum atomic E-state index is 10.2. The van der Waals surface area contributed by atoms with E-state index in [0.717, 1.165) is 16.5 Å². The predicted molar refractivity (Wildman–Crippen MR) is 116 cm³/mol. The first-order valence-electron chi connectivity index (χ1n) is 9.52. The summed E-state index contributed by atoms with van der Waals surface area (Å²) < 4.78 is 5.71. The zero-order chi connectivity index (χ0) is 21.9. The van der Waals surface area contributed by atoms with Crippen LogP contribution in [0.3, 0.4) is 0 Å². The van der Waals surface area contributed by atoms with Gasteiger partial charge in [-0.1, -0.05) is 43.3 Å². The number of ether oxygens (including phenoxy) is 1. The maximum absolute atomic E-state index is 10.2. The third-order valence-corrected chi connectivity index (χ3v) is 4.11. The summed E-state index contributed by atoms with van der Waals surface area (Å²) in [6.45, 7) is 4.72. The lowest BCUT2D eigenvalue weighted by atomic mass is 10.1. The van der Waals surface area contributed by atoms with E-state index in [1.807, 2.05) is 32.0 Å². The normalized spacial score (nSPS) is 12.0. The Morgan fingerprint density at radius 3 is 2.53 bits per heavy atom. The van der Waals surface area contributed by atoms with Crippen molar-refractivity contribution in [3.05, 3.63) is 65.9 Å². The molecule has 0 saturated heterocycles. The Labute approximate surface area is 174 Å². The SMILES string of the molecule is CC(C)NCC(O)COc1cccc2[nH]cc(C=NO)c12.O=C(O)c1ccccc1. The summed E-state index contributed by atoms with van der Waals surface area (Å²) in [7, 11) is 0. The number of benzene rings is 2. The average molecular weight is 413 g/mol. The first kappa shape index (κ1) is 22.9. The van der Waals surface area contributed by atoms with Crippen molar-refractivity contribution in [3.63, 3.8) is 0 Å². The van der Waals surface area contributed by atoms with Crippen molar-refractivity contribution in [2.45, 2.75) is 26.0 Å². The van der Waals surface area contributed by atoms with E-state index < -0.39 is 12.1 Å². The summed E-state index contributed by atoms with van der Waals surface area (Å²) >= 11 is 0. The van der Waals surface area contributed by atoms with E-state index in [-0.39, 0.29) is 6.61 Å². The number of aromatic carboxylic acids is 1. The molecule has 0 aliphatic heterocycles. The molecule has 0 spiro atoms. The number of nitrogens with one attached hydrogen (secondary N) is 2. The summed E-state index contributed by atoms with van der Waals surface area (Å²) in [6.07, 6.45) is 2.51. The number of hydrogen-bond donors (Lipinski definition) is 5. The van der Waals surface area contributed by atoms with Crippen LogP contribution in [0.15, 0.2) is 59.9 Å². The van der Waals surface area contributed by atoms with Gasteiger partial charge in [-0.05, 0) is 24.3 Å². The van der Waals surface area contributed by atoms with Gasteiger partial charge < -0.3 is 30.5 Å². The zero-order valence-electron chi connectivity index (χ0n) is 16.9. The quantitative estimate of drug-likeness (QED) is 0.219. The highest BCUT2D eigenvalue weighted by Crippen LogP contribution is 2.28. The molecular formula is C22H27N3O5. The third kappa shape index (κ3) is 6.91. The molecule has 0 bridgehead atoms. The topological polar surface area (TPSA) is 127 Å². The van der Waals surface area contributed by atoms with Crippen LogP contribution in [-0.4, -0.2) is 57.9 Å². The number of aromatic amines is 1.